The van der Waals surface area contributed by atoms with E-state index in [1.165, 1.54) is 12.1 Å². The fraction of sp³-hybridized carbons (Fsp3) is 0.500. The minimum Gasteiger partial charge on any atom is -0.508 e. The summed E-state index contributed by atoms with van der Waals surface area (Å²) in [6, 6.07) is 6.19. The molecule has 21 heavy (non-hydrogen) atoms. The second-order valence-electron chi connectivity index (χ2n) is 5.53. The van der Waals surface area contributed by atoms with Crippen LogP contribution in [0.4, 0.5) is 0 Å². The van der Waals surface area contributed by atoms with Crippen molar-refractivity contribution in [2.45, 2.75) is 33.1 Å². The van der Waals surface area contributed by atoms with E-state index >= 15 is 0 Å². The van der Waals surface area contributed by atoms with Crippen molar-refractivity contribution in [2.24, 2.45) is 11.8 Å². The van der Waals surface area contributed by atoms with E-state index in [4.69, 9.17) is 5.11 Å². The van der Waals surface area contributed by atoms with Gasteiger partial charge in [0.15, 0.2) is 0 Å². The number of aromatic hydroxyl groups is 1. The SMILES string of the molecule is CC(C)C(CCNC(=O)c1cccc(O)c1)CCC(=O)O. The Kier molecular flexibility index (Phi) is 6.72. The van der Waals surface area contributed by atoms with Crippen molar-refractivity contribution in [3.05, 3.63) is 29.8 Å². The van der Waals surface area contributed by atoms with Crippen molar-refractivity contribution in [3.63, 3.8) is 0 Å². The van der Waals surface area contributed by atoms with E-state index in [1.807, 2.05) is 0 Å². The van der Waals surface area contributed by atoms with E-state index in [0.717, 1.165) is 6.42 Å². The Morgan fingerprint density at radius 2 is 1.95 bits per heavy atom. The number of phenols is 1. The van der Waals surface area contributed by atoms with Crippen LogP contribution in [0.15, 0.2) is 24.3 Å². The molecule has 0 aliphatic rings. The second-order valence-corrected chi connectivity index (χ2v) is 5.53. The standard InChI is InChI=1S/C16H23NO4/c1-11(2)12(6-7-15(19)20)8-9-17-16(21)13-4-3-5-14(18)10-13/h3-5,10-12,18H,6-9H2,1-2H3,(H,17,21)(H,19,20). The molecule has 1 amide bonds. The first kappa shape index (κ1) is 17.0. The highest BCUT2D eigenvalue weighted by Gasteiger charge is 2.15. The van der Waals surface area contributed by atoms with Gasteiger partial charge in [-0.15, -0.1) is 0 Å². The molecule has 1 atom stereocenters. The summed E-state index contributed by atoms with van der Waals surface area (Å²) in [5, 5.41) is 20.9. The van der Waals surface area contributed by atoms with E-state index in [1.54, 1.807) is 12.1 Å². The van der Waals surface area contributed by atoms with Crippen LogP contribution in [0.1, 0.15) is 43.5 Å². The number of carbonyl (C=O) groups is 2. The molecule has 116 valence electrons. The Bertz CT molecular complexity index is 485. The predicted molar refractivity (Wildman–Crippen MR) is 80.3 cm³/mol. The van der Waals surface area contributed by atoms with Gasteiger partial charge in [0.1, 0.15) is 5.75 Å². The molecule has 1 unspecified atom stereocenters. The van der Waals surface area contributed by atoms with Crippen molar-refractivity contribution in [2.75, 3.05) is 6.54 Å². The third kappa shape index (κ3) is 6.29. The number of rotatable bonds is 8. The van der Waals surface area contributed by atoms with Gasteiger partial charge in [-0.05, 0) is 42.9 Å². The molecule has 0 heterocycles. The molecule has 0 aromatic heterocycles. The van der Waals surface area contributed by atoms with E-state index < -0.39 is 5.97 Å². The van der Waals surface area contributed by atoms with Crippen LogP contribution in [-0.4, -0.2) is 28.6 Å². The zero-order chi connectivity index (χ0) is 15.8. The van der Waals surface area contributed by atoms with Gasteiger partial charge in [0, 0.05) is 18.5 Å². The average molecular weight is 293 g/mol. The molecule has 3 N–H and O–H groups in total. The number of benzene rings is 1. The summed E-state index contributed by atoms with van der Waals surface area (Å²) < 4.78 is 0. The molecule has 0 aliphatic heterocycles. The van der Waals surface area contributed by atoms with Crippen LogP contribution >= 0.6 is 0 Å². The summed E-state index contributed by atoms with van der Waals surface area (Å²) in [4.78, 5) is 22.5. The second kappa shape index (κ2) is 8.29. The summed E-state index contributed by atoms with van der Waals surface area (Å²) in [6.45, 7) is 4.62. The molecule has 1 rings (SSSR count). The van der Waals surface area contributed by atoms with Crippen LogP contribution in [0.5, 0.6) is 5.75 Å². The van der Waals surface area contributed by atoms with Crippen molar-refractivity contribution < 1.29 is 19.8 Å². The Hall–Kier alpha value is -2.04. The molecule has 1 aromatic rings. The Morgan fingerprint density at radius 1 is 1.24 bits per heavy atom. The number of aliphatic carboxylic acids is 1. The zero-order valence-electron chi connectivity index (χ0n) is 12.5. The highest BCUT2D eigenvalue weighted by Crippen LogP contribution is 2.20. The van der Waals surface area contributed by atoms with E-state index in [9.17, 15) is 14.7 Å². The smallest absolute Gasteiger partial charge is 0.303 e. The predicted octanol–water partition coefficient (Wildman–Crippen LogP) is 2.65. The monoisotopic (exact) mass is 293 g/mol. The van der Waals surface area contributed by atoms with Crippen LogP contribution in [0, 0.1) is 11.8 Å². The van der Waals surface area contributed by atoms with Crippen molar-refractivity contribution in [1.29, 1.82) is 0 Å². The topological polar surface area (TPSA) is 86.6 Å². The third-order valence-corrected chi connectivity index (χ3v) is 3.58. The molecular weight excluding hydrogens is 270 g/mol. The van der Waals surface area contributed by atoms with Crippen LogP contribution in [0.3, 0.4) is 0 Å². The molecule has 0 bridgehead atoms. The van der Waals surface area contributed by atoms with Gasteiger partial charge in [-0.25, -0.2) is 0 Å². The van der Waals surface area contributed by atoms with Crippen molar-refractivity contribution in [1.82, 2.24) is 5.32 Å². The summed E-state index contributed by atoms with van der Waals surface area (Å²) in [7, 11) is 0. The first-order valence-corrected chi connectivity index (χ1v) is 7.19. The number of carboxylic acids is 1. The summed E-state index contributed by atoms with van der Waals surface area (Å²) in [5.41, 5.74) is 0.418. The number of phenolic OH excluding ortho intramolecular Hbond substituents is 1. The maximum Gasteiger partial charge on any atom is 0.303 e. The number of amides is 1. The fourth-order valence-electron chi connectivity index (χ4n) is 2.24. The maximum atomic E-state index is 11.9. The van der Waals surface area contributed by atoms with Gasteiger partial charge in [0.05, 0.1) is 0 Å². The summed E-state index contributed by atoms with van der Waals surface area (Å²) in [6.07, 6.45) is 1.52. The lowest BCUT2D eigenvalue weighted by atomic mass is 9.88. The van der Waals surface area contributed by atoms with Gasteiger partial charge >= 0.3 is 5.97 Å². The van der Waals surface area contributed by atoms with E-state index in [0.29, 0.717) is 24.4 Å². The Morgan fingerprint density at radius 3 is 2.52 bits per heavy atom. The molecule has 5 heteroatoms. The lowest BCUT2D eigenvalue weighted by molar-refractivity contribution is -0.137. The number of hydrogen-bond donors (Lipinski definition) is 3. The highest BCUT2D eigenvalue weighted by molar-refractivity contribution is 5.94. The van der Waals surface area contributed by atoms with Gasteiger partial charge in [0.2, 0.25) is 0 Å². The number of carbonyl (C=O) groups excluding carboxylic acids is 1. The molecule has 0 saturated heterocycles. The third-order valence-electron chi connectivity index (χ3n) is 3.58. The fourth-order valence-corrected chi connectivity index (χ4v) is 2.24. The van der Waals surface area contributed by atoms with Gasteiger partial charge in [-0.2, -0.15) is 0 Å². The van der Waals surface area contributed by atoms with Crippen molar-refractivity contribution >= 4 is 11.9 Å². The van der Waals surface area contributed by atoms with E-state index in [-0.39, 0.29) is 24.0 Å². The number of carboxylic acid groups (broad SMARTS) is 1. The molecule has 0 radical (unpaired) electrons. The van der Waals surface area contributed by atoms with Crippen molar-refractivity contribution in [3.8, 4) is 5.75 Å². The lowest BCUT2D eigenvalue weighted by Crippen LogP contribution is -2.27. The number of hydrogen-bond acceptors (Lipinski definition) is 3. The van der Waals surface area contributed by atoms with Crippen LogP contribution in [0.2, 0.25) is 0 Å². The zero-order valence-corrected chi connectivity index (χ0v) is 12.5. The van der Waals surface area contributed by atoms with E-state index in [2.05, 4.69) is 19.2 Å². The molecule has 0 spiro atoms. The first-order chi connectivity index (χ1) is 9.90. The molecule has 5 nitrogen and oxygen atoms in total. The van der Waals surface area contributed by atoms with Crippen LogP contribution in [-0.2, 0) is 4.79 Å². The molecule has 0 fully saturated rings. The van der Waals surface area contributed by atoms with Crippen LogP contribution in [0.25, 0.3) is 0 Å². The number of nitrogens with one attached hydrogen (secondary N) is 1. The van der Waals surface area contributed by atoms with Gasteiger partial charge in [-0.3, -0.25) is 9.59 Å². The molecular formula is C16H23NO4. The Labute approximate surface area is 125 Å². The first-order valence-electron chi connectivity index (χ1n) is 7.19. The quantitative estimate of drug-likeness (QED) is 0.687. The van der Waals surface area contributed by atoms with Gasteiger partial charge in [0.25, 0.3) is 5.91 Å². The van der Waals surface area contributed by atoms with Gasteiger partial charge < -0.3 is 15.5 Å². The van der Waals surface area contributed by atoms with Crippen LogP contribution < -0.4 is 5.32 Å². The minimum atomic E-state index is -0.788. The average Bonchev–Trinajstić information content (AvgIpc) is 2.41. The normalized spacial score (nSPS) is 12.1. The lowest BCUT2D eigenvalue weighted by Gasteiger charge is -2.20. The minimum absolute atomic E-state index is 0.0594. The largest absolute Gasteiger partial charge is 0.508 e. The summed E-state index contributed by atoms with van der Waals surface area (Å²) in [5.74, 6) is -0.312. The van der Waals surface area contributed by atoms with Gasteiger partial charge in [-0.1, -0.05) is 19.9 Å². The maximum absolute atomic E-state index is 11.9. The molecule has 0 saturated carbocycles. The molecule has 0 aliphatic carbocycles. The Balaban J connectivity index is 2.43. The molecule has 1 aromatic carbocycles. The summed E-state index contributed by atoms with van der Waals surface area (Å²) >= 11 is 0. The highest BCUT2D eigenvalue weighted by atomic mass is 16.4.